The zero-order chi connectivity index (χ0) is 12.0. The van der Waals surface area contributed by atoms with Crippen molar-refractivity contribution in [1.82, 2.24) is 9.80 Å². The second-order valence-corrected chi connectivity index (χ2v) is 5.62. The molecule has 1 fully saturated rings. The van der Waals surface area contributed by atoms with Gasteiger partial charge in [-0.3, -0.25) is 4.90 Å². The number of rotatable bonds is 6. The molecule has 0 bridgehead atoms. The monoisotopic (exact) mass is 246 g/mol. The van der Waals surface area contributed by atoms with E-state index in [2.05, 4.69) is 30.7 Å². The smallest absolute Gasteiger partial charge is 0.0351 e. The van der Waals surface area contributed by atoms with Gasteiger partial charge >= 0.3 is 0 Å². The summed E-state index contributed by atoms with van der Waals surface area (Å²) in [6.07, 6.45) is 5.46. The lowest BCUT2D eigenvalue weighted by Gasteiger charge is -2.35. The molecule has 1 atom stereocenters. The number of piperidine rings is 1. The molecule has 0 amide bonds. The van der Waals surface area contributed by atoms with E-state index in [9.17, 15) is 0 Å². The maximum Gasteiger partial charge on any atom is 0.0351 e. The fraction of sp³-hybridized carbons (Fsp3) is 1.00. The molecule has 1 aliphatic rings. The summed E-state index contributed by atoms with van der Waals surface area (Å²) in [5.41, 5.74) is 0. The Morgan fingerprint density at radius 3 is 2.62 bits per heavy atom. The van der Waals surface area contributed by atoms with Gasteiger partial charge in [0.25, 0.3) is 0 Å². The van der Waals surface area contributed by atoms with E-state index in [0.29, 0.717) is 6.04 Å². The lowest BCUT2D eigenvalue weighted by molar-refractivity contribution is 0.145. The molecule has 1 saturated heterocycles. The highest BCUT2D eigenvalue weighted by Crippen LogP contribution is 2.18. The summed E-state index contributed by atoms with van der Waals surface area (Å²) in [5, 5.41) is 0. The summed E-state index contributed by atoms with van der Waals surface area (Å²) in [6.45, 7) is 8.02. The van der Waals surface area contributed by atoms with Gasteiger partial charge in [-0.2, -0.15) is 0 Å². The summed E-state index contributed by atoms with van der Waals surface area (Å²) in [4.78, 5) is 5.03. The summed E-state index contributed by atoms with van der Waals surface area (Å²) < 4.78 is 0. The normalized spacial score (nSPS) is 23.2. The van der Waals surface area contributed by atoms with Gasteiger partial charge in [-0.15, -0.1) is 11.6 Å². The standard InChI is InChI=1S/C13H27ClN2/c1-12(2)16(11-8-14)10-7-13-6-4-5-9-15(13)3/h12-13H,4-11H2,1-3H3. The van der Waals surface area contributed by atoms with Crippen molar-refractivity contribution in [3.8, 4) is 0 Å². The van der Waals surface area contributed by atoms with Gasteiger partial charge in [0.2, 0.25) is 0 Å². The van der Waals surface area contributed by atoms with E-state index in [1.54, 1.807) is 0 Å². The number of halogens is 1. The van der Waals surface area contributed by atoms with E-state index in [-0.39, 0.29) is 0 Å². The predicted octanol–water partition coefficient (Wildman–Crippen LogP) is 2.81. The van der Waals surface area contributed by atoms with Gasteiger partial charge in [-0.05, 0) is 53.2 Å². The van der Waals surface area contributed by atoms with Crippen molar-refractivity contribution < 1.29 is 0 Å². The van der Waals surface area contributed by atoms with Crippen molar-refractivity contribution in [1.29, 1.82) is 0 Å². The molecular formula is C13H27ClN2. The van der Waals surface area contributed by atoms with Gasteiger partial charge in [0.1, 0.15) is 0 Å². The number of alkyl halides is 1. The van der Waals surface area contributed by atoms with E-state index >= 15 is 0 Å². The minimum atomic E-state index is 0.618. The van der Waals surface area contributed by atoms with E-state index < -0.39 is 0 Å². The number of hydrogen-bond donors (Lipinski definition) is 0. The van der Waals surface area contributed by atoms with E-state index in [0.717, 1.165) is 18.5 Å². The second kappa shape index (κ2) is 7.52. The maximum atomic E-state index is 5.84. The van der Waals surface area contributed by atoms with Gasteiger partial charge < -0.3 is 4.90 Å². The molecular weight excluding hydrogens is 220 g/mol. The molecule has 0 radical (unpaired) electrons. The highest BCUT2D eigenvalue weighted by Gasteiger charge is 2.20. The molecule has 1 rings (SSSR count). The first-order valence-corrected chi connectivity index (χ1v) is 7.19. The van der Waals surface area contributed by atoms with Crippen LogP contribution in [0, 0.1) is 0 Å². The van der Waals surface area contributed by atoms with Crippen molar-refractivity contribution in [3.05, 3.63) is 0 Å². The van der Waals surface area contributed by atoms with Gasteiger partial charge in [0.15, 0.2) is 0 Å². The molecule has 0 saturated carbocycles. The zero-order valence-corrected chi connectivity index (χ0v) is 11.8. The lowest BCUT2D eigenvalue weighted by atomic mass is 10.00. The fourth-order valence-electron chi connectivity index (χ4n) is 2.56. The zero-order valence-electron chi connectivity index (χ0n) is 11.1. The van der Waals surface area contributed by atoms with Crippen molar-refractivity contribution in [2.75, 3.05) is 32.6 Å². The van der Waals surface area contributed by atoms with Crippen LogP contribution in [0.25, 0.3) is 0 Å². The third-order valence-corrected chi connectivity index (χ3v) is 3.94. The molecule has 0 aliphatic carbocycles. The van der Waals surface area contributed by atoms with Crippen LogP contribution in [0.5, 0.6) is 0 Å². The van der Waals surface area contributed by atoms with E-state index in [1.165, 1.54) is 38.8 Å². The maximum absolute atomic E-state index is 5.84. The molecule has 1 heterocycles. The van der Waals surface area contributed by atoms with Crippen LogP contribution in [-0.2, 0) is 0 Å². The quantitative estimate of drug-likeness (QED) is 0.665. The Morgan fingerprint density at radius 1 is 1.31 bits per heavy atom. The largest absolute Gasteiger partial charge is 0.303 e. The summed E-state index contributed by atoms with van der Waals surface area (Å²) in [5.74, 6) is 0.749. The Kier molecular flexibility index (Phi) is 6.71. The first kappa shape index (κ1) is 14.3. The third kappa shape index (κ3) is 4.60. The molecule has 16 heavy (non-hydrogen) atoms. The van der Waals surface area contributed by atoms with Crippen LogP contribution in [0.4, 0.5) is 0 Å². The highest BCUT2D eigenvalue weighted by molar-refractivity contribution is 6.18. The average molecular weight is 247 g/mol. The van der Waals surface area contributed by atoms with Crippen LogP contribution in [0.1, 0.15) is 39.5 Å². The molecule has 0 aromatic carbocycles. The van der Waals surface area contributed by atoms with Crippen LogP contribution in [0.3, 0.4) is 0 Å². The van der Waals surface area contributed by atoms with Crippen LogP contribution >= 0.6 is 11.6 Å². The molecule has 0 N–H and O–H groups in total. The number of nitrogens with zero attached hydrogens (tertiary/aromatic N) is 2. The molecule has 3 heteroatoms. The molecule has 0 aromatic rings. The van der Waals surface area contributed by atoms with Crippen LogP contribution in [0.15, 0.2) is 0 Å². The van der Waals surface area contributed by atoms with Gasteiger partial charge in [-0.25, -0.2) is 0 Å². The van der Waals surface area contributed by atoms with Crippen LogP contribution in [0.2, 0.25) is 0 Å². The number of hydrogen-bond acceptors (Lipinski definition) is 2. The van der Waals surface area contributed by atoms with Gasteiger partial charge in [0, 0.05) is 24.5 Å². The Hall–Kier alpha value is 0.210. The first-order valence-electron chi connectivity index (χ1n) is 6.65. The molecule has 96 valence electrons. The Labute approximate surface area is 106 Å². The number of likely N-dealkylation sites (tertiary alicyclic amines) is 1. The minimum Gasteiger partial charge on any atom is -0.303 e. The van der Waals surface area contributed by atoms with Crippen LogP contribution < -0.4 is 0 Å². The minimum absolute atomic E-state index is 0.618. The summed E-state index contributed by atoms with van der Waals surface area (Å²) >= 11 is 5.84. The third-order valence-electron chi connectivity index (χ3n) is 3.77. The summed E-state index contributed by atoms with van der Waals surface area (Å²) in [6, 6.07) is 1.41. The highest BCUT2D eigenvalue weighted by atomic mass is 35.5. The second-order valence-electron chi connectivity index (χ2n) is 5.24. The van der Waals surface area contributed by atoms with Crippen LogP contribution in [-0.4, -0.2) is 54.4 Å². The van der Waals surface area contributed by atoms with Crippen molar-refractivity contribution in [2.24, 2.45) is 0 Å². The van der Waals surface area contributed by atoms with Crippen molar-refractivity contribution in [3.63, 3.8) is 0 Å². The first-order chi connectivity index (χ1) is 7.65. The molecule has 0 spiro atoms. The Balaban J connectivity index is 2.29. The molecule has 1 unspecified atom stereocenters. The van der Waals surface area contributed by atoms with E-state index in [1.807, 2.05) is 0 Å². The predicted molar refractivity (Wildman–Crippen MR) is 72.3 cm³/mol. The fourth-order valence-corrected chi connectivity index (χ4v) is 2.78. The Morgan fingerprint density at radius 2 is 2.06 bits per heavy atom. The molecule has 0 aromatic heterocycles. The average Bonchev–Trinajstić information content (AvgIpc) is 2.26. The summed E-state index contributed by atoms with van der Waals surface area (Å²) in [7, 11) is 2.27. The lowest BCUT2D eigenvalue weighted by Crippen LogP contribution is -2.41. The van der Waals surface area contributed by atoms with Gasteiger partial charge in [0.05, 0.1) is 0 Å². The topological polar surface area (TPSA) is 6.48 Å². The van der Waals surface area contributed by atoms with E-state index in [4.69, 9.17) is 11.6 Å². The Bertz CT molecular complexity index is 181. The van der Waals surface area contributed by atoms with Crippen molar-refractivity contribution >= 4 is 11.6 Å². The van der Waals surface area contributed by atoms with Gasteiger partial charge in [-0.1, -0.05) is 6.42 Å². The molecule has 1 aliphatic heterocycles. The molecule has 2 nitrogen and oxygen atoms in total. The van der Waals surface area contributed by atoms with Crippen molar-refractivity contribution in [2.45, 2.75) is 51.6 Å². The SMILES string of the molecule is CC(C)N(CCCl)CCC1CCCCN1C.